The summed E-state index contributed by atoms with van der Waals surface area (Å²) in [6.07, 6.45) is 0.869. The molecule has 0 bridgehead atoms. The first-order valence-electron chi connectivity index (χ1n) is 9.18. The summed E-state index contributed by atoms with van der Waals surface area (Å²) >= 11 is 0. The van der Waals surface area contributed by atoms with E-state index in [9.17, 15) is 18.3 Å². The largest absolute Gasteiger partial charge is 0.434 e. The van der Waals surface area contributed by atoms with Gasteiger partial charge in [0, 0.05) is 37.9 Å². The smallest absolute Gasteiger partial charge is 0.393 e. The average Bonchev–Trinajstić information content (AvgIpc) is 2.61. The Bertz CT molecular complexity index is 790. The van der Waals surface area contributed by atoms with Crippen molar-refractivity contribution in [3.63, 3.8) is 0 Å². The molecule has 0 radical (unpaired) electrons. The summed E-state index contributed by atoms with van der Waals surface area (Å²) in [7, 11) is 1.61. The van der Waals surface area contributed by atoms with E-state index in [0.717, 1.165) is 0 Å². The molecule has 1 aliphatic carbocycles. The van der Waals surface area contributed by atoms with E-state index >= 15 is 0 Å². The molecule has 27 heavy (non-hydrogen) atoms. The van der Waals surface area contributed by atoms with Crippen molar-refractivity contribution in [2.75, 3.05) is 13.7 Å². The predicted octanol–water partition coefficient (Wildman–Crippen LogP) is 3.89. The van der Waals surface area contributed by atoms with Gasteiger partial charge in [-0.25, -0.2) is 9.97 Å². The van der Waals surface area contributed by atoms with Crippen LogP contribution in [0.5, 0.6) is 0 Å². The highest BCUT2D eigenvalue weighted by Crippen LogP contribution is 2.39. The first-order chi connectivity index (χ1) is 12.8. The summed E-state index contributed by atoms with van der Waals surface area (Å²) in [5.41, 5.74) is 0.0925. The van der Waals surface area contributed by atoms with Crippen molar-refractivity contribution >= 4 is 10.9 Å². The normalized spacial score (nSPS) is 22.1. The Morgan fingerprint density at radius 2 is 1.89 bits per heavy atom. The Morgan fingerprint density at radius 3 is 2.52 bits per heavy atom. The molecule has 0 unspecified atom stereocenters. The van der Waals surface area contributed by atoms with Crippen LogP contribution in [0.3, 0.4) is 0 Å². The van der Waals surface area contributed by atoms with Gasteiger partial charge in [0.05, 0.1) is 11.6 Å². The number of ether oxygens (including phenoxy) is 1. The highest BCUT2D eigenvalue weighted by atomic mass is 19.4. The summed E-state index contributed by atoms with van der Waals surface area (Å²) in [4.78, 5) is 12.4. The number of halogens is 3. The van der Waals surface area contributed by atoms with E-state index in [1.54, 1.807) is 7.11 Å². The Balaban J connectivity index is 2.05. The molecule has 1 fully saturated rings. The van der Waals surface area contributed by atoms with Crippen molar-refractivity contribution in [1.29, 1.82) is 0 Å². The molecule has 1 atom stereocenters. The maximum absolute atomic E-state index is 13.4. The fourth-order valence-corrected chi connectivity index (χ4v) is 3.74. The minimum atomic E-state index is -4.56. The third kappa shape index (κ3) is 4.55. The fraction of sp³-hybridized carbons (Fsp3) is 0.632. The van der Waals surface area contributed by atoms with Crippen molar-refractivity contribution < 1.29 is 23.0 Å². The second-order valence-corrected chi connectivity index (χ2v) is 7.38. The fourth-order valence-electron chi connectivity index (χ4n) is 3.74. The van der Waals surface area contributed by atoms with Crippen LogP contribution in [0, 0.1) is 5.92 Å². The molecular formula is C19H24F3N3O2. The molecule has 1 N–H and O–H groups in total. The van der Waals surface area contributed by atoms with Crippen molar-refractivity contribution in [1.82, 2.24) is 15.0 Å². The number of alkyl halides is 3. The maximum atomic E-state index is 13.4. The van der Waals surface area contributed by atoms with Crippen molar-refractivity contribution in [3.05, 3.63) is 29.5 Å². The number of nitrogens with zero attached hydrogens (tertiary/aromatic N) is 3. The second-order valence-electron chi connectivity index (χ2n) is 7.38. The standard InChI is InChI=1S/C19H24F3N3O2/c1-11(10-27-2)7-16-23-9-15-17(25-16)14(8-24-18(15)19(20,21)22)12-3-5-13(26)6-4-12/h8-9,11-13,26H,3-7,10H2,1-2H3/t11-,12?,13?/m1/s1. The summed E-state index contributed by atoms with van der Waals surface area (Å²) < 4.78 is 45.3. The molecule has 1 aliphatic rings. The van der Waals surface area contributed by atoms with Crippen molar-refractivity contribution in [2.24, 2.45) is 5.92 Å². The molecule has 148 valence electrons. The number of hydrogen-bond acceptors (Lipinski definition) is 5. The number of hydrogen-bond donors (Lipinski definition) is 1. The zero-order valence-electron chi connectivity index (χ0n) is 15.5. The SMILES string of the molecule is COC[C@H](C)Cc1ncc2c(C(F)(F)F)ncc(C3CCC(O)CC3)c2n1. The number of fused-ring (bicyclic) bond motifs is 1. The van der Waals surface area contributed by atoms with E-state index < -0.39 is 11.9 Å². The molecule has 5 nitrogen and oxygen atoms in total. The van der Waals surface area contributed by atoms with Gasteiger partial charge in [-0.1, -0.05) is 6.92 Å². The molecular weight excluding hydrogens is 359 g/mol. The van der Waals surface area contributed by atoms with Crippen molar-refractivity contribution in [2.45, 2.75) is 57.2 Å². The van der Waals surface area contributed by atoms with E-state index in [1.807, 2.05) is 6.92 Å². The maximum Gasteiger partial charge on any atom is 0.434 e. The topological polar surface area (TPSA) is 68.1 Å². The van der Waals surface area contributed by atoms with Crippen LogP contribution < -0.4 is 0 Å². The first kappa shape index (κ1) is 19.9. The lowest BCUT2D eigenvalue weighted by molar-refractivity contribution is -0.139. The van der Waals surface area contributed by atoms with Crippen molar-refractivity contribution in [3.8, 4) is 0 Å². The zero-order chi connectivity index (χ0) is 19.6. The quantitative estimate of drug-likeness (QED) is 0.848. The Hall–Kier alpha value is -1.80. The molecule has 2 aromatic heterocycles. The van der Waals surface area contributed by atoms with Crippen LogP contribution in [-0.4, -0.2) is 39.9 Å². The van der Waals surface area contributed by atoms with Gasteiger partial charge < -0.3 is 9.84 Å². The summed E-state index contributed by atoms with van der Waals surface area (Å²) in [5, 5.41) is 9.67. The summed E-state index contributed by atoms with van der Waals surface area (Å²) in [6, 6.07) is 0. The van der Waals surface area contributed by atoms with E-state index in [-0.39, 0.29) is 23.3 Å². The minimum Gasteiger partial charge on any atom is -0.393 e. The highest BCUT2D eigenvalue weighted by molar-refractivity contribution is 5.84. The second kappa shape index (κ2) is 8.06. The van der Waals surface area contributed by atoms with Gasteiger partial charge in [0.15, 0.2) is 5.69 Å². The van der Waals surface area contributed by atoms with E-state index in [2.05, 4.69) is 15.0 Å². The highest BCUT2D eigenvalue weighted by Gasteiger charge is 2.36. The third-order valence-corrected chi connectivity index (χ3v) is 5.09. The average molecular weight is 383 g/mol. The zero-order valence-corrected chi connectivity index (χ0v) is 15.5. The number of methoxy groups -OCH3 is 1. The van der Waals surface area contributed by atoms with Gasteiger partial charge in [-0.3, -0.25) is 4.98 Å². The van der Waals surface area contributed by atoms with Crippen LogP contribution in [0.15, 0.2) is 12.4 Å². The number of pyridine rings is 1. The molecule has 0 aliphatic heterocycles. The Labute approximate surface area is 156 Å². The third-order valence-electron chi connectivity index (χ3n) is 5.09. The lowest BCUT2D eigenvalue weighted by Crippen LogP contribution is -2.19. The van der Waals surface area contributed by atoms with E-state index in [4.69, 9.17) is 4.74 Å². The molecule has 2 aromatic rings. The van der Waals surface area contributed by atoms with Gasteiger partial charge in [-0.15, -0.1) is 0 Å². The van der Waals surface area contributed by atoms with E-state index in [0.29, 0.717) is 55.6 Å². The van der Waals surface area contributed by atoms with Crippen LogP contribution in [0.25, 0.3) is 10.9 Å². The van der Waals surface area contributed by atoms with Gasteiger partial charge in [0.25, 0.3) is 0 Å². The Kier molecular flexibility index (Phi) is 5.95. The van der Waals surface area contributed by atoms with Gasteiger partial charge >= 0.3 is 6.18 Å². The molecule has 0 spiro atoms. The molecule has 3 rings (SSSR count). The Morgan fingerprint density at radius 1 is 1.19 bits per heavy atom. The number of aliphatic hydroxyl groups is 1. The minimum absolute atomic E-state index is 0.0461. The van der Waals surface area contributed by atoms with Crippen LogP contribution in [0.2, 0.25) is 0 Å². The number of aliphatic hydroxyl groups excluding tert-OH is 1. The molecule has 1 saturated carbocycles. The number of aromatic nitrogens is 3. The molecule has 0 amide bonds. The van der Waals surface area contributed by atoms with Gasteiger partial charge in [0.2, 0.25) is 0 Å². The molecule has 2 heterocycles. The van der Waals surface area contributed by atoms with Crippen LogP contribution in [-0.2, 0) is 17.3 Å². The van der Waals surface area contributed by atoms with E-state index in [1.165, 1.54) is 12.4 Å². The predicted molar refractivity (Wildman–Crippen MR) is 94.3 cm³/mol. The van der Waals surface area contributed by atoms with Gasteiger partial charge in [0.1, 0.15) is 5.82 Å². The molecule has 8 heteroatoms. The first-order valence-corrected chi connectivity index (χ1v) is 9.18. The summed E-state index contributed by atoms with van der Waals surface area (Å²) in [6.45, 7) is 2.51. The molecule has 0 saturated heterocycles. The van der Waals surface area contributed by atoms with Gasteiger partial charge in [-0.05, 0) is 43.1 Å². The van der Waals surface area contributed by atoms with Crippen LogP contribution in [0.4, 0.5) is 13.2 Å². The van der Waals surface area contributed by atoms with Crippen LogP contribution in [0.1, 0.15) is 55.6 Å². The summed E-state index contributed by atoms with van der Waals surface area (Å²) in [5.74, 6) is 0.706. The lowest BCUT2D eigenvalue weighted by atomic mass is 9.82. The van der Waals surface area contributed by atoms with Gasteiger partial charge in [-0.2, -0.15) is 13.2 Å². The number of rotatable bonds is 5. The lowest BCUT2D eigenvalue weighted by Gasteiger charge is -2.26. The van der Waals surface area contributed by atoms with Crippen LogP contribution >= 0.6 is 0 Å². The monoisotopic (exact) mass is 383 g/mol. The molecule has 0 aromatic carbocycles.